The third-order valence-corrected chi connectivity index (χ3v) is 6.16. The van der Waals surface area contributed by atoms with E-state index < -0.39 is 5.91 Å². The lowest BCUT2D eigenvalue weighted by Crippen LogP contribution is -2.34. The smallest absolute Gasteiger partial charge is 0.248 e. The molecule has 2 aromatic carbocycles. The van der Waals surface area contributed by atoms with Crippen LogP contribution in [0.2, 0.25) is 0 Å². The number of carbonyl (C=O) groups is 1. The van der Waals surface area contributed by atoms with E-state index in [-0.39, 0.29) is 0 Å². The Balaban J connectivity index is 1.33. The molecule has 5 heteroatoms. The first-order valence-corrected chi connectivity index (χ1v) is 10.8. The van der Waals surface area contributed by atoms with Crippen LogP contribution in [-0.2, 0) is 6.54 Å². The molecule has 1 saturated heterocycles. The zero-order valence-corrected chi connectivity index (χ0v) is 17.4. The van der Waals surface area contributed by atoms with Gasteiger partial charge >= 0.3 is 0 Å². The molecule has 5 nitrogen and oxygen atoms in total. The van der Waals surface area contributed by atoms with Gasteiger partial charge in [0.15, 0.2) is 0 Å². The number of carbonyl (C=O) groups excluding carboxylic acids is 1. The second-order valence-electron chi connectivity index (χ2n) is 8.37. The maximum Gasteiger partial charge on any atom is 0.248 e. The molecular weight excluding hydrogens is 384 g/mol. The summed E-state index contributed by atoms with van der Waals surface area (Å²) in [4.78, 5) is 22.3. The van der Waals surface area contributed by atoms with Gasteiger partial charge in [-0.3, -0.25) is 14.7 Å². The Morgan fingerprint density at radius 2 is 2.00 bits per heavy atom. The van der Waals surface area contributed by atoms with Crippen molar-refractivity contribution >= 4 is 16.8 Å². The first kappa shape index (κ1) is 19.5. The van der Waals surface area contributed by atoms with Gasteiger partial charge in [0.25, 0.3) is 0 Å². The lowest BCUT2D eigenvalue weighted by molar-refractivity contribution is 0.100. The molecule has 1 aliphatic heterocycles. The average Bonchev–Trinajstić information content (AvgIpc) is 3.27. The quantitative estimate of drug-likeness (QED) is 0.500. The second-order valence-corrected chi connectivity index (χ2v) is 8.37. The van der Waals surface area contributed by atoms with Crippen molar-refractivity contribution in [2.45, 2.75) is 25.3 Å². The molecule has 1 fully saturated rings. The number of nitrogens with two attached hydrogens (primary N) is 1. The first-order valence-electron chi connectivity index (χ1n) is 10.8. The molecule has 31 heavy (non-hydrogen) atoms. The molecular formula is C26H26N4O. The molecule has 0 spiro atoms. The van der Waals surface area contributed by atoms with Crippen LogP contribution in [0.25, 0.3) is 22.2 Å². The zero-order valence-electron chi connectivity index (χ0n) is 17.4. The minimum Gasteiger partial charge on any atom is -0.366 e. The Hall–Kier alpha value is -3.44. The Bertz CT molecular complexity index is 1230. The highest BCUT2D eigenvalue weighted by atomic mass is 16.1. The molecule has 0 radical (unpaired) electrons. The van der Waals surface area contributed by atoms with Gasteiger partial charge in [0, 0.05) is 47.5 Å². The van der Waals surface area contributed by atoms with Gasteiger partial charge in [-0.2, -0.15) is 0 Å². The predicted octanol–water partition coefficient (Wildman–Crippen LogP) is 4.71. The summed E-state index contributed by atoms with van der Waals surface area (Å²) in [5, 5.41) is 1.26. The molecule has 1 aliphatic rings. The van der Waals surface area contributed by atoms with E-state index in [0.29, 0.717) is 11.5 Å². The SMILES string of the molecule is NC(=O)c1cccc(-c2cccc([C@H]3CCCN(Cc4ccc5[nH]ccc5c4)C3)n2)c1. The van der Waals surface area contributed by atoms with Crippen molar-refractivity contribution in [1.29, 1.82) is 0 Å². The molecule has 3 heterocycles. The number of benzene rings is 2. The Labute approximate surface area is 181 Å². The highest BCUT2D eigenvalue weighted by molar-refractivity contribution is 5.94. The Kier molecular flexibility index (Phi) is 5.26. The molecule has 156 valence electrons. The zero-order chi connectivity index (χ0) is 21.2. The van der Waals surface area contributed by atoms with Crippen molar-refractivity contribution in [2.24, 2.45) is 5.73 Å². The summed E-state index contributed by atoms with van der Waals surface area (Å²) in [5.41, 5.74) is 11.4. The summed E-state index contributed by atoms with van der Waals surface area (Å²) in [6.45, 7) is 3.07. The van der Waals surface area contributed by atoms with Crippen molar-refractivity contribution in [3.05, 3.63) is 89.7 Å². The molecule has 3 N–H and O–H groups in total. The molecule has 0 unspecified atom stereocenters. The number of nitrogens with one attached hydrogen (secondary N) is 1. The molecule has 0 aliphatic carbocycles. The standard InChI is InChI=1S/C26H26N4O/c27-26(31)21-5-1-4-19(15-21)24-7-2-8-25(29-24)22-6-3-13-30(17-22)16-18-9-10-23-20(14-18)11-12-28-23/h1-2,4-5,7-12,14-15,22,28H,3,6,13,16-17H2,(H2,27,31)/t22-/m0/s1. The van der Waals surface area contributed by atoms with Gasteiger partial charge in [-0.1, -0.05) is 24.3 Å². The molecule has 2 aromatic heterocycles. The number of primary amides is 1. The van der Waals surface area contributed by atoms with Crippen LogP contribution in [0.3, 0.4) is 0 Å². The summed E-state index contributed by atoms with van der Waals surface area (Å²) in [6, 6.07) is 22.4. The van der Waals surface area contributed by atoms with E-state index >= 15 is 0 Å². The number of aromatic amines is 1. The van der Waals surface area contributed by atoms with E-state index in [1.54, 1.807) is 6.07 Å². The van der Waals surface area contributed by atoms with Gasteiger partial charge < -0.3 is 10.7 Å². The van der Waals surface area contributed by atoms with Crippen LogP contribution in [0.4, 0.5) is 0 Å². The third-order valence-electron chi connectivity index (χ3n) is 6.16. The number of hydrogen-bond donors (Lipinski definition) is 2. The highest BCUT2D eigenvalue weighted by Crippen LogP contribution is 2.29. The summed E-state index contributed by atoms with van der Waals surface area (Å²) in [5.74, 6) is -0.0113. The van der Waals surface area contributed by atoms with E-state index in [1.807, 2.05) is 30.5 Å². The van der Waals surface area contributed by atoms with Crippen LogP contribution in [0.1, 0.15) is 40.4 Å². The Morgan fingerprint density at radius 1 is 1.10 bits per heavy atom. The fourth-order valence-corrected chi connectivity index (χ4v) is 4.57. The molecule has 0 saturated carbocycles. The van der Waals surface area contributed by atoms with Gasteiger partial charge in [-0.25, -0.2) is 0 Å². The predicted molar refractivity (Wildman–Crippen MR) is 124 cm³/mol. The van der Waals surface area contributed by atoms with Gasteiger partial charge in [0.05, 0.1) is 5.69 Å². The third kappa shape index (κ3) is 4.23. The first-order chi connectivity index (χ1) is 15.2. The van der Waals surface area contributed by atoms with Gasteiger partial charge in [0.2, 0.25) is 5.91 Å². The lowest BCUT2D eigenvalue weighted by atomic mass is 9.93. The van der Waals surface area contributed by atoms with Crippen molar-refractivity contribution < 1.29 is 4.79 Å². The number of amides is 1. The number of piperidine rings is 1. The molecule has 0 bridgehead atoms. The maximum absolute atomic E-state index is 11.5. The molecule has 1 amide bonds. The number of rotatable bonds is 5. The monoisotopic (exact) mass is 410 g/mol. The molecule has 4 aromatic rings. The summed E-state index contributed by atoms with van der Waals surface area (Å²) in [6.07, 6.45) is 4.30. The van der Waals surface area contributed by atoms with Gasteiger partial charge in [0.1, 0.15) is 0 Å². The average molecular weight is 411 g/mol. The van der Waals surface area contributed by atoms with E-state index in [1.165, 1.54) is 22.9 Å². The summed E-state index contributed by atoms with van der Waals surface area (Å²) < 4.78 is 0. The van der Waals surface area contributed by atoms with Crippen LogP contribution in [0.5, 0.6) is 0 Å². The van der Waals surface area contributed by atoms with Crippen molar-refractivity contribution in [2.75, 3.05) is 13.1 Å². The van der Waals surface area contributed by atoms with Gasteiger partial charge in [-0.05, 0) is 72.8 Å². The van der Waals surface area contributed by atoms with E-state index in [0.717, 1.165) is 43.0 Å². The van der Waals surface area contributed by atoms with Crippen LogP contribution in [0.15, 0.2) is 72.9 Å². The largest absolute Gasteiger partial charge is 0.366 e. The van der Waals surface area contributed by atoms with E-state index in [2.05, 4.69) is 46.3 Å². The highest BCUT2D eigenvalue weighted by Gasteiger charge is 2.23. The Morgan fingerprint density at radius 3 is 2.90 bits per heavy atom. The topological polar surface area (TPSA) is 75.0 Å². The fourth-order valence-electron chi connectivity index (χ4n) is 4.57. The van der Waals surface area contributed by atoms with Gasteiger partial charge in [-0.15, -0.1) is 0 Å². The number of H-pyrrole nitrogens is 1. The van der Waals surface area contributed by atoms with Crippen molar-refractivity contribution in [3.8, 4) is 11.3 Å². The summed E-state index contributed by atoms with van der Waals surface area (Å²) >= 11 is 0. The van der Waals surface area contributed by atoms with Crippen molar-refractivity contribution in [3.63, 3.8) is 0 Å². The minimum absolute atomic E-state index is 0.406. The van der Waals surface area contributed by atoms with Crippen molar-refractivity contribution in [1.82, 2.24) is 14.9 Å². The van der Waals surface area contributed by atoms with Crippen LogP contribution >= 0.6 is 0 Å². The van der Waals surface area contributed by atoms with E-state index in [9.17, 15) is 4.79 Å². The normalized spacial score (nSPS) is 17.1. The maximum atomic E-state index is 11.5. The number of aromatic nitrogens is 2. The number of likely N-dealkylation sites (tertiary alicyclic amines) is 1. The number of nitrogens with zero attached hydrogens (tertiary/aromatic N) is 2. The van der Waals surface area contributed by atoms with Crippen LogP contribution in [0, 0.1) is 0 Å². The van der Waals surface area contributed by atoms with E-state index in [4.69, 9.17) is 10.7 Å². The summed E-state index contributed by atoms with van der Waals surface area (Å²) in [7, 11) is 0. The minimum atomic E-state index is -0.418. The van der Waals surface area contributed by atoms with Crippen LogP contribution < -0.4 is 5.73 Å². The second kappa shape index (κ2) is 8.36. The number of fused-ring (bicyclic) bond motifs is 1. The molecule has 5 rings (SSSR count). The number of pyridine rings is 1. The fraction of sp³-hybridized carbons (Fsp3) is 0.231. The molecule has 1 atom stereocenters. The van der Waals surface area contributed by atoms with Crippen LogP contribution in [-0.4, -0.2) is 33.9 Å². The lowest BCUT2D eigenvalue weighted by Gasteiger charge is -2.32. The number of hydrogen-bond acceptors (Lipinski definition) is 3.